The van der Waals surface area contributed by atoms with Crippen molar-refractivity contribution in [2.75, 3.05) is 27.3 Å². The van der Waals surface area contributed by atoms with Gasteiger partial charge < -0.3 is 25.3 Å². The van der Waals surface area contributed by atoms with Crippen LogP contribution in [0, 0.1) is 0 Å². The van der Waals surface area contributed by atoms with E-state index in [1.807, 2.05) is 31.2 Å². The van der Waals surface area contributed by atoms with Gasteiger partial charge in [0, 0.05) is 13.7 Å². The van der Waals surface area contributed by atoms with Crippen LogP contribution in [0.3, 0.4) is 0 Å². The van der Waals surface area contributed by atoms with E-state index in [1.54, 1.807) is 14.2 Å². The molecule has 0 fully saturated rings. The summed E-state index contributed by atoms with van der Waals surface area (Å²) in [7, 11) is 3.16. The molecule has 1 aromatic rings. The van der Waals surface area contributed by atoms with Crippen molar-refractivity contribution in [2.45, 2.75) is 25.6 Å². The number of hydrogen-bond donors (Lipinski definition) is 2. The minimum atomic E-state index is -0.247. The maximum absolute atomic E-state index is 11.7. The molecule has 2 atom stereocenters. The Kier molecular flexibility index (Phi) is 7.56. The van der Waals surface area contributed by atoms with E-state index in [0.717, 1.165) is 11.5 Å². The lowest BCUT2D eigenvalue weighted by atomic mass is 10.2. The van der Waals surface area contributed by atoms with Gasteiger partial charge in [0.25, 0.3) is 0 Å². The Labute approximate surface area is 125 Å². The molecule has 0 aliphatic rings. The number of methoxy groups -OCH3 is 2. The van der Waals surface area contributed by atoms with Crippen molar-refractivity contribution in [3.8, 4) is 11.5 Å². The van der Waals surface area contributed by atoms with Gasteiger partial charge >= 0.3 is 0 Å². The number of hydrogen-bond acceptors (Lipinski definition) is 5. The van der Waals surface area contributed by atoms with Gasteiger partial charge in [-0.1, -0.05) is 0 Å². The van der Waals surface area contributed by atoms with Crippen LogP contribution in [0.1, 0.15) is 13.3 Å². The predicted octanol–water partition coefficient (Wildman–Crippen LogP) is 0.943. The highest BCUT2D eigenvalue weighted by atomic mass is 16.5. The number of nitrogens with two attached hydrogens (primary N) is 1. The van der Waals surface area contributed by atoms with Crippen molar-refractivity contribution in [3.63, 3.8) is 0 Å². The van der Waals surface area contributed by atoms with E-state index in [0.29, 0.717) is 13.1 Å². The average molecular weight is 296 g/mol. The molecule has 0 saturated heterocycles. The third-order valence-corrected chi connectivity index (χ3v) is 2.99. The quantitative estimate of drug-likeness (QED) is 0.709. The fourth-order valence-electron chi connectivity index (χ4n) is 1.73. The average Bonchev–Trinajstić information content (AvgIpc) is 2.51. The van der Waals surface area contributed by atoms with Gasteiger partial charge in [0.1, 0.15) is 17.6 Å². The van der Waals surface area contributed by atoms with Crippen molar-refractivity contribution in [1.29, 1.82) is 0 Å². The molecule has 6 nitrogen and oxygen atoms in total. The molecule has 0 saturated carbocycles. The maximum atomic E-state index is 11.7. The standard InChI is InChI=1S/C15H24N2O4/c1-11(10-17-15(18)8-14(9-16)20-3)21-13-6-4-12(19-2)5-7-13/h4-7,11,14H,8-10,16H2,1-3H3,(H,17,18). The SMILES string of the molecule is COc1ccc(OC(C)CNC(=O)CC(CN)OC)cc1. The number of carbonyl (C=O) groups is 1. The van der Waals surface area contributed by atoms with Crippen LogP contribution in [0.15, 0.2) is 24.3 Å². The van der Waals surface area contributed by atoms with Gasteiger partial charge in [-0.3, -0.25) is 4.79 Å². The molecule has 118 valence electrons. The van der Waals surface area contributed by atoms with E-state index in [2.05, 4.69) is 5.32 Å². The van der Waals surface area contributed by atoms with Crippen LogP contribution in [0.4, 0.5) is 0 Å². The molecule has 0 aliphatic carbocycles. The highest BCUT2D eigenvalue weighted by Gasteiger charge is 2.12. The normalized spacial score (nSPS) is 13.3. The van der Waals surface area contributed by atoms with Gasteiger partial charge in [-0.15, -0.1) is 0 Å². The lowest BCUT2D eigenvalue weighted by Crippen LogP contribution is -2.37. The highest BCUT2D eigenvalue weighted by molar-refractivity contribution is 5.76. The molecule has 0 aromatic heterocycles. The first-order chi connectivity index (χ1) is 10.1. The van der Waals surface area contributed by atoms with Crippen molar-refractivity contribution in [3.05, 3.63) is 24.3 Å². The second-order valence-electron chi connectivity index (χ2n) is 4.71. The second-order valence-corrected chi connectivity index (χ2v) is 4.71. The van der Waals surface area contributed by atoms with Crippen LogP contribution in [-0.4, -0.2) is 45.4 Å². The number of amides is 1. The lowest BCUT2D eigenvalue weighted by molar-refractivity contribution is -0.123. The van der Waals surface area contributed by atoms with Crippen LogP contribution in [0.5, 0.6) is 11.5 Å². The van der Waals surface area contributed by atoms with Gasteiger partial charge in [-0.2, -0.15) is 0 Å². The zero-order valence-electron chi connectivity index (χ0n) is 12.8. The largest absolute Gasteiger partial charge is 0.497 e. The Morgan fingerprint density at radius 1 is 1.24 bits per heavy atom. The third kappa shape index (κ3) is 6.46. The van der Waals surface area contributed by atoms with E-state index in [9.17, 15) is 4.79 Å². The number of carbonyl (C=O) groups excluding carboxylic acids is 1. The molecule has 1 aromatic carbocycles. The number of benzene rings is 1. The Morgan fingerprint density at radius 2 is 1.86 bits per heavy atom. The minimum absolute atomic E-state index is 0.0996. The van der Waals surface area contributed by atoms with Gasteiger partial charge in [0.15, 0.2) is 0 Å². The lowest BCUT2D eigenvalue weighted by Gasteiger charge is -2.17. The van der Waals surface area contributed by atoms with Crippen LogP contribution < -0.4 is 20.5 Å². The van der Waals surface area contributed by atoms with Crippen LogP contribution >= 0.6 is 0 Å². The molecular formula is C15H24N2O4. The summed E-state index contributed by atoms with van der Waals surface area (Å²) in [5.41, 5.74) is 5.47. The number of nitrogens with one attached hydrogen (secondary N) is 1. The summed E-state index contributed by atoms with van der Waals surface area (Å²) in [5.74, 6) is 1.41. The summed E-state index contributed by atoms with van der Waals surface area (Å²) in [6, 6.07) is 7.30. The van der Waals surface area contributed by atoms with Crippen molar-refractivity contribution in [2.24, 2.45) is 5.73 Å². The van der Waals surface area contributed by atoms with E-state index < -0.39 is 0 Å². The first kappa shape index (κ1) is 17.3. The van der Waals surface area contributed by atoms with Gasteiger partial charge in [-0.25, -0.2) is 0 Å². The number of rotatable bonds is 9. The minimum Gasteiger partial charge on any atom is -0.497 e. The summed E-state index contributed by atoms with van der Waals surface area (Å²) in [4.78, 5) is 11.7. The first-order valence-corrected chi connectivity index (χ1v) is 6.89. The Hall–Kier alpha value is -1.79. The fourth-order valence-corrected chi connectivity index (χ4v) is 1.73. The summed E-state index contributed by atoms with van der Waals surface area (Å²) in [5, 5.41) is 2.80. The van der Waals surface area contributed by atoms with Crippen LogP contribution in [0.2, 0.25) is 0 Å². The fraction of sp³-hybridized carbons (Fsp3) is 0.533. The summed E-state index contributed by atoms with van der Waals surface area (Å²) in [6.07, 6.45) is -0.133. The second kappa shape index (κ2) is 9.20. The number of ether oxygens (including phenoxy) is 3. The molecular weight excluding hydrogens is 272 g/mol. The molecule has 0 spiro atoms. The topological polar surface area (TPSA) is 82.8 Å². The molecule has 0 bridgehead atoms. The van der Waals surface area contributed by atoms with Gasteiger partial charge in [0.2, 0.25) is 5.91 Å². The molecule has 0 heterocycles. The molecule has 1 rings (SSSR count). The van der Waals surface area contributed by atoms with E-state index in [4.69, 9.17) is 19.9 Å². The molecule has 0 radical (unpaired) electrons. The predicted molar refractivity (Wildman–Crippen MR) is 80.6 cm³/mol. The monoisotopic (exact) mass is 296 g/mol. The summed E-state index contributed by atoms with van der Waals surface area (Å²) >= 11 is 0. The Bertz CT molecular complexity index is 418. The van der Waals surface area contributed by atoms with Crippen LogP contribution in [0.25, 0.3) is 0 Å². The highest BCUT2D eigenvalue weighted by Crippen LogP contribution is 2.17. The van der Waals surface area contributed by atoms with Crippen molar-refractivity contribution < 1.29 is 19.0 Å². The molecule has 21 heavy (non-hydrogen) atoms. The van der Waals surface area contributed by atoms with E-state index in [1.165, 1.54) is 0 Å². The zero-order chi connectivity index (χ0) is 15.7. The molecule has 2 unspecified atom stereocenters. The third-order valence-electron chi connectivity index (χ3n) is 2.99. The van der Waals surface area contributed by atoms with E-state index in [-0.39, 0.29) is 24.5 Å². The smallest absolute Gasteiger partial charge is 0.222 e. The zero-order valence-corrected chi connectivity index (χ0v) is 12.8. The van der Waals surface area contributed by atoms with Gasteiger partial charge in [0.05, 0.1) is 26.2 Å². The van der Waals surface area contributed by atoms with Crippen molar-refractivity contribution in [1.82, 2.24) is 5.32 Å². The maximum Gasteiger partial charge on any atom is 0.222 e. The van der Waals surface area contributed by atoms with Crippen molar-refractivity contribution >= 4 is 5.91 Å². The Balaban J connectivity index is 2.32. The molecule has 6 heteroatoms. The van der Waals surface area contributed by atoms with Gasteiger partial charge in [-0.05, 0) is 31.2 Å². The van der Waals surface area contributed by atoms with Crippen LogP contribution in [-0.2, 0) is 9.53 Å². The summed E-state index contributed by atoms with van der Waals surface area (Å²) < 4.78 is 15.8. The molecule has 3 N–H and O–H groups in total. The summed E-state index contributed by atoms with van der Waals surface area (Å²) in [6.45, 7) is 2.63. The van der Waals surface area contributed by atoms with E-state index >= 15 is 0 Å². The Morgan fingerprint density at radius 3 is 2.38 bits per heavy atom. The first-order valence-electron chi connectivity index (χ1n) is 6.89. The molecule has 0 aliphatic heterocycles. The molecule has 1 amide bonds.